The van der Waals surface area contributed by atoms with Gasteiger partial charge in [-0.3, -0.25) is 0 Å². The van der Waals surface area contributed by atoms with E-state index in [0.717, 1.165) is 38.6 Å². The summed E-state index contributed by atoms with van der Waals surface area (Å²) in [6.07, 6.45) is 6.83. The average molecular weight is 229 g/mol. The molecule has 0 aliphatic carbocycles. The van der Waals surface area contributed by atoms with Crippen molar-refractivity contribution in [3.8, 4) is 0 Å². The van der Waals surface area contributed by atoms with Crippen LogP contribution in [0.25, 0.3) is 0 Å². The van der Waals surface area contributed by atoms with E-state index >= 15 is 0 Å². The van der Waals surface area contributed by atoms with Crippen LogP contribution in [0.1, 0.15) is 59.3 Å². The van der Waals surface area contributed by atoms with E-state index in [2.05, 4.69) is 26.1 Å². The fourth-order valence-electron chi connectivity index (χ4n) is 2.54. The van der Waals surface area contributed by atoms with Crippen LogP contribution in [-0.4, -0.2) is 24.7 Å². The van der Waals surface area contributed by atoms with Crippen LogP contribution in [0.4, 0.5) is 0 Å². The molecule has 5 N–H and O–H groups in total. The largest absolute Gasteiger partial charge is 0.329 e. The van der Waals surface area contributed by atoms with Gasteiger partial charge in [0.05, 0.1) is 0 Å². The van der Waals surface area contributed by atoms with Crippen molar-refractivity contribution in [1.82, 2.24) is 5.32 Å². The van der Waals surface area contributed by atoms with Gasteiger partial charge in [-0.15, -0.1) is 0 Å². The molecule has 16 heavy (non-hydrogen) atoms. The number of hydrogen-bond acceptors (Lipinski definition) is 3. The first-order valence-electron chi connectivity index (χ1n) is 6.86. The molecule has 0 aliphatic rings. The Hall–Kier alpha value is -0.120. The van der Waals surface area contributed by atoms with Crippen LogP contribution in [0.2, 0.25) is 0 Å². The minimum absolute atomic E-state index is 0.0469. The highest BCUT2D eigenvalue weighted by molar-refractivity contribution is 4.95. The van der Waals surface area contributed by atoms with Gasteiger partial charge in [-0.25, -0.2) is 0 Å². The van der Waals surface area contributed by atoms with Gasteiger partial charge in [0.1, 0.15) is 0 Å². The van der Waals surface area contributed by atoms with Crippen molar-refractivity contribution in [2.24, 2.45) is 11.5 Å². The summed E-state index contributed by atoms with van der Waals surface area (Å²) in [6, 6.07) is 0.418. The standard InChI is InChI=1S/C13H31N3/c1-4-7-12(16-11-10-14)13(15,8-5-2)9-6-3/h12,16H,4-11,14-15H2,1-3H3. The zero-order chi connectivity index (χ0) is 12.4. The lowest BCUT2D eigenvalue weighted by Gasteiger charge is -2.38. The molecule has 1 atom stereocenters. The highest BCUT2D eigenvalue weighted by Gasteiger charge is 2.31. The molecule has 0 fully saturated rings. The van der Waals surface area contributed by atoms with E-state index in [1.54, 1.807) is 0 Å². The maximum atomic E-state index is 6.59. The smallest absolute Gasteiger partial charge is 0.0309 e. The average Bonchev–Trinajstić information content (AvgIpc) is 2.24. The molecule has 3 nitrogen and oxygen atoms in total. The molecule has 0 spiro atoms. The lowest BCUT2D eigenvalue weighted by molar-refractivity contribution is 0.243. The van der Waals surface area contributed by atoms with E-state index in [0.29, 0.717) is 12.6 Å². The van der Waals surface area contributed by atoms with Gasteiger partial charge in [-0.2, -0.15) is 0 Å². The second-order valence-corrected chi connectivity index (χ2v) is 4.82. The molecule has 1 unspecified atom stereocenters. The van der Waals surface area contributed by atoms with Gasteiger partial charge in [-0.05, 0) is 19.3 Å². The van der Waals surface area contributed by atoms with Gasteiger partial charge in [0, 0.05) is 24.7 Å². The second-order valence-electron chi connectivity index (χ2n) is 4.82. The molecule has 3 heteroatoms. The van der Waals surface area contributed by atoms with Gasteiger partial charge in [0.15, 0.2) is 0 Å². The molecule has 0 saturated carbocycles. The fraction of sp³-hybridized carbons (Fsp3) is 1.00. The predicted molar refractivity (Wildman–Crippen MR) is 72.5 cm³/mol. The fourth-order valence-corrected chi connectivity index (χ4v) is 2.54. The summed E-state index contributed by atoms with van der Waals surface area (Å²) in [5, 5.41) is 3.53. The Balaban J connectivity index is 4.49. The third kappa shape index (κ3) is 5.28. The van der Waals surface area contributed by atoms with E-state index in [1.807, 2.05) is 0 Å². The highest BCUT2D eigenvalue weighted by atomic mass is 15.0. The van der Waals surface area contributed by atoms with E-state index in [9.17, 15) is 0 Å². The van der Waals surface area contributed by atoms with E-state index in [1.165, 1.54) is 6.42 Å². The topological polar surface area (TPSA) is 64.1 Å². The summed E-state index contributed by atoms with van der Waals surface area (Å²) in [4.78, 5) is 0. The van der Waals surface area contributed by atoms with Crippen LogP contribution in [0.3, 0.4) is 0 Å². The molecule has 0 aromatic carbocycles. The Kier molecular flexibility index (Phi) is 8.90. The van der Waals surface area contributed by atoms with Crippen LogP contribution in [0.15, 0.2) is 0 Å². The van der Waals surface area contributed by atoms with Crippen molar-refractivity contribution in [2.75, 3.05) is 13.1 Å². The van der Waals surface area contributed by atoms with E-state index < -0.39 is 0 Å². The first-order chi connectivity index (χ1) is 7.64. The molecule has 0 aliphatic heterocycles. The molecular weight excluding hydrogens is 198 g/mol. The minimum atomic E-state index is -0.0469. The Morgan fingerprint density at radius 2 is 1.62 bits per heavy atom. The summed E-state index contributed by atoms with van der Waals surface area (Å²) in [5.74, 6) is 0. The normalized spacial score (nSPS) is 14.1. The van der Waals surface area contributed by atoms with E-state index in [4.69, 9.17) is 11.5 Å². The molecule has 0 aromatic rings. The van der Waals surface area contributed by atoms with Crippen molar-refractivity contribution >= 4 is 0 Å². The molecule has 0 saturated heterocycles. The second kappa shape index (κ2) is 8.97. The molecule has 0 radical (unpaired) electrons. The molecule has 0 bridgehead atoms. The Morgan fingerprint density at radius 1 is 1.06 bits per heavy atom. The van der Waals surface area contributed by atoms with Crippen LogP contribution in [0.5, 0.6) is 0 Å². The van der Waals surface area contributed by atoms with Crippen LogP contribution < -0.4 is 16.8 Å². The van der Waals surface area contributed by atoms with Gasteiger partial charge in [0.2, 0.25) is 0 Å². The summed E-state index contributed by atoms with van der Waals surface area (Å²) in [6.45, 7) is 8.20. The maximum Gasteiger partial charge on any atom is 0.0309 e. The summed E-state index contributed by atoms with van der Waals surface area (Å²) < 4.78 is 0. The third-order valence-corrected chi connectivity index (χ3v) is 3.24. The maximum absolute atomic E-state index is 6.59. The molecule has 0 heterocycles. The number of rotatable bonds is 10. The summed E-state index contributed by atoms with van der Waals surface area (Å²) >= 11 is 0. The molecule has 98 valence electrons. The van der Waals surface area contributed by atoms with Crippen LogP contribution >= 0.6 is 0 Å². The summed E-state index contributed by atoms with van der Waals surface area (Å²) in [5.41, 5.74) is 12.1. The van der Waals surface area contributed by atoms with Gasteiger partial charge in [0.25, 0.3) is 0 Å². The van der Waals surface area contributed by atoms with Crippen molar-refractivity contribution in [2.45, 2.75) is 70.9 Å². The van der Waals surface area contributed by atoms with Gasteiger partial charge < -0.3 is 16.8 Å². The SMILES string of the molecule is CCCC(NCCN)C(N)(CCC)CCC. The van der Waals surface area contributed by atoms with Crippen molar-refractivity contribution in [3.05, 3.63) is 0 Å². The third-order valence-electron chi connectivity index (χ3n) is 3.24. The zero-order valence-corrected chi connectivity index (χ0v) is 11.4. The monoisotopic (exact) mass is 229 g/mol. The van der Waals surface area contributed by atoms with Crippen molar-refractivity contribution in [1.29, 1.82) is 0 Å². The Labute approximate surface area is 101 Å². The number of nitrogens with two attached hydrogens (primary N) is 2. The molecule has 0 amide bonds. The first kappa shape index (κ1) is 15.9. The highest BCUT2D eigenvalue weighted by Crippen LogP contribution is 2.23. The zero-order valence-electron chi connectivity index (χ0n) is 11.4. The predicted octanol–water partition coefficient (Wildman–Crippen LogP) is 2.00. The Bertz CT molecular complexity index is 153. The van der Waals surface area contributed by atoms with Crippen molar-refractivity contribution < 1.29 is 0 Å². The van der Waals surface area contributed by atoms with E-state index in [-0.39, 0.29) is 5.54 Å². The molecular formula is C13H31N3. The number of nitrogens with one attached hydrogen (secondary N) is 1. The molecule has 0 aromatic heterocycles. The van der Waals surface area contributed by atoms with Crippen LogP contribution in [-0.2, 0) is 0 Å². The minimum Gasteiger partial charge on any atom is -0.329 e. The summed E-state index contributed by atoms with van der Waals surface area (Å²) in [7, 11) is 0. The molecule has 0 rings (SSSR count). The van der Waals surface area contributed by atoms with Gasteiger partial charge in [-0.1, -0.05) is 40.0 Å². The quantitative estimate of drug-likeness (QED) is 0.537. The lowest BCUT2D eigenvalue weighted by Crippen LogP contribution is -2.57. The van der Waals surface area contributed by atoms with Crippen molar-refractivity contribution in [3.63, 3.8) is 0 Å². The number of hydrogen-bond donors (Lipinski definition) is 3. The Morgan fingerprint density at radius 3 is 2.00 bits per heavy atom. The first-order valence-corrected chi connectivity index (χ1v) is 6.86. The lowest BCUT2D eigenvalue weighted by atomic mass is 9.80. The van der Waals surface area contributed by atoms with Gasteiger partial charge >= 0.3 is 0 Å². The van der Waals surface area contributed by atoms with Crippen LogP contribution in [0, 0.1) is 0 Å².